The second-order valence-corrected chi connectivity index (χ2v) is 2.76. The highest BCUT2D eigenvalue weighted by molar-refractivity contribution is 5.89. The Morgan fingerprint density at radius 2 is 2.44 bits per heavy atom. The molecule has 1 nitrogen and oxygen atoms in total. The SMILES string of the molecule is C[C@H]1CCC=CC(=O)C1. The molecule has 0 amide bonds. The van der Waals surface area contributed by atoms with Crippen molar-refractivity contribution in [2.24, 2.45) is 5.92 Å². The lowest BCUT2D eigenvalue weighted by molar-refractivity contribution is -0.115. The van der Waals surface area contributed by atoms with Crippen LogP contribution >= 0.6 is 0 Å². The predicted molar refractivity (Wildman–Crippen MR) is 37.2 cm³/mol. The smallest absolute Gasteiger partial charge is 0.155 e. The van der Waals surface area contributed by atoms with Crippen LogP contribution in [0.1, 0.15) is 26.2 Å². The zero-order valence-electron chi connectivity index (χ0n) is 5.76. The maximum atomic E-state index is 10.8. The molecule has 1 rings (SSSR count). The third kappa shape index (κ3) is 2.00. The third-order valence-electron chi connectivity index (χ3n) is 1.68. The molecule has 0 saturated heterocycles. The minimum Gasteiger partial charge on any atom is -0.295 e. The van der Waals surface area contributed by atoms with E-state index in [1.807, 2.05) is 6.08 Å². The van der Waals surface area contributed by atoms with Gasteiger partial charge in [0, 0.05) is 6.42 Å². The standard InChI is InChI=1S/C8H12O/c1-7-4-2-3-5-8(9)6-7/h3,5,7H,2,4,6H2,1H3/t7-/m0/s1. The molecule has 0 saturated carbocycles. The molecule has 1 heteroatoms. The summed E-state index contributed by atoms with van der Waals surface area (Å²) in [5.74, 6) is 0.882. The average molecular weight is 124 g/mol. The Morgan fingerprint density at radius 1 is 1.67 bits per heavy atom. The number of ketones is 1. The Hall–Kier alpha value is -0.590. The van der Waals surface area contributed by atoms with Crippen molar-refractivity contribution in [1.82, 2.24) is 0 Å². The van der Waals surface area contributed by atoms with Gasteiger partial charge in [-0.3, -0.25) is 4.79 Å². The molecule has 0 heterocycles. The van der Waals surface area contributed by atoms with E-state index in [1.165, 1.54) is 6.42 Å². The van der Waals surface area contributed by atoms with E-state index in [4.69, 9.17) is 0 Å². The summed E-state index contributed by atoms with van der Waals surface area (Å²) in [5.41, 5.74) is 0. The molecular weight excluding hydrogens is 112 g/mol. The fraction of sp³-hybridized carbons (Fsp3) is 0.625. The highest BCUT2D eigenvalue weighted by atomic mass is 16.1. The lowest BCUT2D eigenvalue weighted by Crippen LogP contribution is -1.98. The molecule has 1 atom stereocenters. The number of carbonyl (C=O) groups excluding carboxylic acids is 1. The summed E-state index contributed by atoms with van der Waals surface area (Å²) in [7, 11) is 0. The molecule has 0 unspecified atom stereocenters. The quantitative estimate of drug-likeness (QED) is 0.482. The maximum absolute atomic E-state index is 10.8. The Balaban J connectivity index is 2.50. The van der Waals surface area contributed by atoms with Crippen LogP contribution in [0.5, 0.6) is 0 Å². The summed E-state index contributed by atoms with van der Waals surface area (Å²) >= 11 is 0. The van der Waals surface area contributed by atoms with Gasteiger partial charge in [-0.2, -0.15) is 0 Å². The van der Waals surface area contributed by atoms with Gasteiger partial charge in [-0.05, 0) is 24.8 Å². The number of allylic oxidation sites excluding steroid dienone is 2. The van der Waals surface area contributed by atoms with E-state index in [0.717, 1.165) is 12.8 Å². The Labute approximate surface area is 55.8 Å². The van der Waals surface area contributed by atoms with E-state index >= 15 is 0 Å². The van der Waals surface area contributed by atoms with Crippen LogP contribution in [-0.4, -0.2) is 5.78 Å². The van der Waals surface area contributed by atoms with Crippen LogP contribution < -0.4 is 0 Å². The normalized spacial score (nSPS) is 28.1. The molecule has 0 radical (unpaired) electrons. The summed E-state index contributed by atoms with van der Waals surface area (Å²) in [6, 6.07) is 0. The first-order chi connectivity index (χ1) is 4.29. The van der Waals surface area contributed by atoms with Crippen LogP contribution in [0.2, 0.25) is 0 Å². The van der Waals surface area contributed by atoms with Gasteiger partial charge >= 0.3 is 0 Å². The highest BCUT2D eigenvalue weighted by Crippen LogP contribution is 2.14. The topological polar surface area (TPSA) is 17.1 Å². The first-order valence-corrected chi connectivity index (χ1v) is 3.48. The van der Waals surface area contributed by atoms with Gasteiger partial charge in [-0.15, -0.1) is 0 Å². The van der Waals surface area contributed by atoms with Gasteiger partial charge in [0.2, 0.25) is 0 Å². The van der Waals surface area contributed by atoms with Gasteiger partial charge in [0.05, 0.1) is 0 Å². The van der Waals surface area contributed by atoms with Crippen molar-refractivity contribution >= 4 is 5.78 Å². The van der Waals surface area contributed by atoms with Crippen molar-refractivity contribution in [2.45, 2.75) is 26.2 Å². The minimum atomic E-state index is 0.292. The Kier molecular flexibility index (Phi) is 2.04. The molecule has 0 aliphatic heterocycles. The van der Waals surface area contributed by atoms with Crippen molar-refractivity contribution < 1.29 is 4.79 Å². The van der Waals surface area contributed by atoms with Crippen LogP contribution in [-0.2, 0) is 4.79 Å². The molecule has 1 aliphatic rings. The molecular formula is C8H12O. The van der Waals surface area contributed by atoms with Crippen LogP contribution in [0, 0.1) is 5.92 Å². The van der Waals surface area contributed by atoms with Crippen molar-refractivity contribution in [3.63, 3.8) is 0 Å². The minimum absolute atomic E-state index is 0.292. The Bertz CT molecular complexity index is 136. The van der Waals surface area contributed by atoms with Gasteiger partial charge in [-0.1, -0.05) is 13.0 Å². The van der Waals surface area contributed by atoms with E-state index in [1.54, 1.807) is 6.08 Å². The summed E-state index contributed by atoms with van der Waals surface area (Å²) in [6.07, 6.45) is 6.68. The highest BCUT2D eigenvalue weighted by Gasteiger charge is 2.08. The molecule has 0 spiro atoms. The second-order valence-electron chi connectivity index (χ2n) is 2.76. The van der Waals surface area contributed by atoms with Crippen molar-refractivity contribution in [3.8, 4) is 0 Å². The summed E-state index contributed by atoms with van der Waals surface area (Å²) in [6.45, 7) is 2.13. The third-order valence-corrected chi connectivity index (χ3v) is 1.68. The Morgan fingerprint density at radius 3 is 3.22 bits per heavy atom. The zero-order valence-corrected chi connectivity index (χ0v) is 5.76. The van der Waals surface area contributed by atoms with E-state index < -0.39 is 0 Å². The van der Waals surface area contributed by atoms with Crippen molar-refractivity contribution in [2.75, 3.05) is 0 Å². The molecule has 0 fully saturated rings. The molecule has 9 heavy (non-hydrogen) atoms. The van der Waals surface area contributed by atoms with Crippen molar-refractivity contribution in [1.29, 1.82) is 0 Å². The lowest BCUT2D eigenvalue weighted by atomic mass is 10.0. The molecule has 0 aromatic carbocycles. The first-order valence-electron chi connectivity index (χ1n) is 3.48. The van der Waals surface area contributed by atoms with Gasteiger partial charge in [-0.25, -0.2) is 0 Å². The van der Waals surface area contributed by atoms with Crippen LogP contribution in [0.3, 0.4) is 0 Å². The largest absolute Gasteiger partial charge is 0.295 e. The number of rotatable bonds is 0. The van der Waals surface area contributed by atoms with Gasteiger partial charge in [0.1, 0.15) is 0 Å². The molecule has 0 bridgehead atoms. The maximum Gasteiger partial charge on any atom is 0.155 e. The predicted octanol–water partition coefficient (Wildman–Crippen LogP) is 1.93. The zero-order chi connectivity index (χ0) is 6.69. The lowest BCUT2D eigenvalue weighted by Gasteiger charge is -2.02. The van der Waals surface area contributed by atoms with Gasteiger partial charge in [0.15, 0.2) is 5.78 Å². The molecule has 1 aliphatic carbocycles. The number of carbonyl (C=O) groups is 1. The van der Waals surface area contributed by atoms with E-state index in [2.05, 4.69) is 6.92 Å². The molecule has 0 aromatic rings. The van der Waals surface area contributed by atoms with Crippen LogP contribution in [0.15, 0.2) is 12.2 Å². The summed E-state index contributed by atoms with van der Waals surface area (Å²) in [5, 5.41) is 0. The van der Waals surface area contributed by atoms with Crippen LogP contribution in [0.25, 0.3) is 0 Å². The first kappa shape index (κ1) is 6.53. The summed E-state index contributed by atoms with van der Waals surface area (Å²) in [4.78, 5) is 10.8. The van der Waals surface area contributed by atoms with Gasteiger partial charge < -0.3 is 0 Å². The fourth-order valence-corrected chi connectivity index (χ4v) is 1.11. The molecule has 50 valence electrons. The fourth-order valence-electron chi connectivity index (χ4n) is 1.11. The number of hydrogen-bond donors (Lipinski definition) is 0. The average Bonchev–Trinajstić information content (AvgIpc) is 1.93. The monoisotopic (exact) mass is 124 g/mol. The summed E-state index contributed by atoms with van der Waals surface area (Å²) < 4.78 is 0. The van der Waals surface area contributed by atoms with Gasteiger partial charge in [0.25, 0.3) is 0 Å². The number of hydrogen-bond acceptors (Lipinski definition) is 1. The van der Waals surface area contributed by atoms with E-state index in [-0.39, 0.29) is 0 Å². The molecule has 0 N–H and O–H groups in total. The molecule has 0 aromatic heterocycles. The van der Waals surface area contributed by atoms with Crippen molar-refractivity contribution in [3.05, 3.63) is 12.2 Å². The second kappa shape index (κ2) is 2.81. The van der Waals surface area contributed by atoms with Crippen LogP contribution in [0.4, 0.5) is 0 Å². The van der Waals surface area contributed by atoms with E-state index in [0.29, 0.717) is 11.7 Å². The van der Waals surface area contributed by atoms with E-state index in [9.17, 15) is 4.79 Å².